The zero-order valence-electron chi connectivity index (χ0n) is 13.0. The molecule has 23 heavy (non-hydrogen) atoms. The first kappa shape index (κ1) is 17.9. The lowest BCUT2D eigenvalue weighted by molar-refractivity contribution is 0.583. The van der Waals surface area contributed by atoms with Gasteiger partial charge in [0.15, 0.2) is 0 Å². The van der Waals surface area contributed by atoms with E-state index in [2.05, 4.69) is 15.9 Å². The first-order valence-electron chi connectivity index (χ1n) is 7.31. The van der Waals surface area contributed by atoms with Gasteiger partial charge in [0, 0.05) is 5.33 Å². The van der Waals surface area contributed by atoms with Gasteiger partial charge in [0.05, 0.1) is 17.5 Å². The van der Waals surface area contributed by atoms with E-state index in [1.165, 1.54) is 16.4 Å². The van der Waals surface area contributed by atoms with E-state index in [0.717, 1.165) is 11.1 Å². The van der Waals surface area contributed by atoms with Crippen LogP contribution in [0.1, 0.15) is 31.0 Å². The van der Waals surface area contributed by atoms with Crippen molar-refractivity contribution in [2.75, 3.05) is 10.1 Å². The Hall–Kier alpha value is -1.40. The second-order valence-electron chi connectivity index (χ2n) is 5.23. The molecule has 2 aromatic rings. The molecule has 2 rings (SSSR count). The molecule has 0 aliphatic carbocycles. The molecule has 6 heteroatoms. The van der Waals surface area contributed by atoms with Gasteiger partial charge in [0.1, 0.15) is 5.82 Å². The SMILES string of the molecule is CCS(=O)(=O)N(c1cccc(CBr)c1)[C@H](C)c1ccc(F)cc1. The fraction of sp³-hybridized carbons (Fsp3) is 0.294. The predicted molar refractivity (Wildman–Crippen MR) is 95.8 cm³/mol. The molecule has 0 aliphatic rings. The highest BCUT2D eigenvalue weighted by atomic mass is 79.9. The van der Waals surface area contributed by atoms with Crippen LogP contribution in [0.4, 0.5) is 10.1 Å². The van der Waals surface area contributed by atoms with Gasteiger partial charge in [-0.2, -0.15) is 0 Å². The van der Waals surface area contributed by atoms with Crippen LogP contribution in [0.15, 0.2) is 48.5 Å². The number of anilines is 1. The van der Waals surface area contributed by atoms with Crippen molar-refractivity contribution in [2.45, 2.75) is 25.2 Å². The Kier molecular flexibility index (Phi) is 5.81. The Morgan fingerprint density at radius 2 is 1.83 bits per heavy atom. The van der Waals surface area contributed by atoms with Gasteiger partial charge in [-0.25, -0.2) is 12.8 Å². The van der Waals surface area contributed by atoms with Crippen molar-refractivity contribution in [3.8, 4) is 0 Å². The number of hydrogen-bond donors (Lipinski definition) is 0. The van der Waals surface area contributed by atoms with Gasteiger partial charge in [0.2, 0.25) is 10.0 Å². The lowest BCUT2D eigenvalue weighted by Crippen LogP contribution is -2.34. The zero-order chi connectivity index (χ0) is 17.0. The number of benzene rings is 2. The summed E-state index contributed by atoms with van der Waals surface area (Å²) in [6, 6.07) is 12.9. The van der Waals surface area contributed by atoms with E-state index in [4.69, 9.17) is 0 Å². The van der Waals surface area contributed by atoms with Crippen molar-refractivity contribution < 1.29 is 12.8 Å². The standard InChI is InChI=1S/C17H19BrFNO2S/c1-3-23(21,22)20(17-6-4-5-14(11-17)12-18)13(2)15-7-9-16(19)10-8-15/h4-11,13H,3,12H2,1-2H3/t13-/m1/s1. The Morgan fingerprint density at radius 1 is 1.17 bits per heavy atom. The molecule has 0 amide bonds. The van der Waals surface area contributed by atoms with E-state index in [1.807, 2.05) is 18.2 Å². The molecule has 0 saturated heterocycles. The van der Waals surface area contributed by atoms with Crippen LogP contribution < -0.4 is 4.31 Å². The fourth-order valence-electron chi connectivity index (χ4n) is 2.42. The molecule has 0 unspecified atom stereocenters. The lowest BCUT2D eigenvalue weighted by Gasteiger charge is -2.30. The number of alkyl halides is 1. The summed E-state index contributed by atoms with van der Waals surface area (Å²) in [5.74, 6) is -0.344. The van der Waals surface area contributed by atoms with E-state index in [9.17, 15) is 12.8 Å². The molecular weight excluding hydrogens is 381 g/mol. The van der Waals surface area contributed by atoms with E-state index >= 15 is 0 Å². The smallest absolute Gasteiger partial charge is 0.235 e. The third kappa shape index (κ3) is 4.12. The molecule has 0 fully saturated rings. The van der Waals surface area contributed by atoms with Crippen LogP contribution in [0.2, 0.25) is 0 Å². The summed E-state index contributed by atoms with van der Waals surface area (Å²) in [6.07, 6.45) is 0. The summed E-state index contributed by atoms with van der Waals surface area (Å²) in [6.45, 7) is 3.43. The molecule has 0 aliphatic heterocycles. The van der Waals surface area contributed by atoms with Crippen LogP contribution in [-0.2, 0) is 15.4 Å². The minimum absolute atomic E-state index is 0.00290. The highest BCUT2D eigenvalue weighted by Crippen LogP contribution is 2.31. The molecule has 0 heterocycles. The Labute approximate surface area is 145 Å². The molecule has 0 radical (unpaired) electrons. The maximum Gasteiger partial charge on any atom is 0.235 e. The highest BCUT2D eigenvalue weighted by Gasteiger charge is 2.27. The van der Waals surface area contributed by atoms with Crippen LogP contribution in [0.3, 0.4) is 0 Å². The molecule has 2 aromatic carbocycles. The third-order valence-corrected chi connectivity index (χ3v) is 6.19. The van der Waals surface area contributed by atoms with E-state index in [1.54, 1.807) is 32.0 Å². The summed E-state index contributed by atoms with van der Waals surface area (Å²) in [5, 5.41) is 0.645. The lowest BCUT2D eigenvalue weighted by atomic mass is 10.1. The summed E-state index contributed by atoms with van der Waals surface area (Å²) >= 11 is 3.39. The Bertz CT molecular complexity index is 762. The summed E-state index contributed by atoms with van der Waals surface area (Å²) in [5.41, 5.74) is 2.35. The number of rotatable bonds is 6. The van der Waals surface area contributed by atoms with Gasteiger partial charge >= 0.3 is 0 Å². The maximum absolute atomic E-state index is 13.1. The topological polar surface area (TPSA) is 37.4 Å². The second-order valence-corrected chi connectivity index (χ2v) is 7.92. The van der Waals surface area contributed by atoms with Gasteiger partial charge in [-0.3, -0.25) is 4.31 Å². The van der Waals surface area contributed by atoms with E-state index in [0.29, 0.717) is 11.0 Å². The van der Waals surface area contributed by atoms with Crippen LogP contribution in [0.5, 0.6) is 0 Å². The van der Waals surface area contributed by atoms with Crippen molar-refractivity contribution >= 4 is 31.6 Å². The quantitative estimate of drug-likeness (QED) is 0.663. The molecule has 0 aromatic heterocycles. The van der Waals surface area contributed by atoms with Crippen LogP contribution >= 0.6 is 15.9 Å². The molecule has 0 bridgehead atoms. The van der Waals surface area contributed by atoms with Gasteiger partial charge in [-0.15, -0.1) is 0 Å². The monoisotopic (exact) mass is 399 g/mol. The van der Waals surface area contributed by atoms with E-state index < -0.39 is 16.1 Å². The van der Waals surface area contributed by atoms with Gasteiger partial charge < -0.3 is 0 Å². The summed E-state index contributed by atoms with van der Waals surface area (Å²) < 4.78 is 39.8. The van der Waals surface area contributed by atoms with Crippen molar-refractivity contribution in [3.63, 3.8) is 0 Å². The van der Waals surface area contributed by atoms with Gasteiger partial charge in [-0.05, 0) is 49.2 Å². The molecular formula is C17H19BrFNO2S. The van der Waals surface area contributed by atoms with E-state index in [-0.39, 0.29) is 11.6 Å². The largest absolute Gasteiger partial charge is 0.263 e. The highest BCUT2D eigenvalue weighted by molar-refractivity contribution is 9.08. The van der Waals surface area contributed by atoms with Crippen molar-refractivity contribution in [1.82, 2.24) is 0 Å². The number of nitrogens with zero attached hydrogens (tertiary/aromatic N) is 1. The summed E-state index contributed by atoms with van der Waals surface area (Å²) in [4.78, 5) is 0. The van der Waals surface area contributed by atoms with Gasteiger partial charge in [0.25, 0.3) is 0 Å². The number of sulfonamides is 1. The fourth-order valence-corrected chi connectivity index (χ4v) is 4.08. The first-order valence-corrected chi connectivity index (χ1v) is 10.0. The zero-order valence-corrected chi connectivity index (χ0v) is 15.4. The van der Waals surface area contributed by atoms with Crippen LogP contribution in [0, 0.1) is 5.82 Å². The average molecular weight is 400 g/mol. The Morgan fingerprint density at radius 3 is 2.39 bits per heavy atom. The van der Waals surface area contributed by atoms with Crippen molar-refractivity contribution in [3.05, 3.63) is 65.5 Å². The molecule has 0 spiro atoms. The molecule has 3 nitrogen and oxygen atoms in total. The minimum atomic E-state index is -3.47. The van der Waals surface area contributed by atoms with Crippen LogP contribution in [0.25, 0.3) is 0 Å². The maximum atomic E-state index is 13.1. The minimum Gasteiger partial charge on any atom is -0.263 e. The predicted octanol–water partition coefficient (Wildman–Crippen LogP) is 4.64. The molecule has 1 atom stereocenters. The van der Waals surface area contributed by atoms with Gasteiger partial charge in [-0.1, -0.05) is 40.2 Å². The molecule has 0 N–H and O–H groups in total. The second kappa shape index (κ2) is 7.45. The van der Waals surface area contributed by atoms with Crippen LogP contribution in [-0.4, -0.2) is 14.2 Å². The van der Waals surface area contributed by atoms with Crippen molar-refractivity contribution in [1.29, 1.82) is 0 Å². The molecule has 124 valence electrons. The number of halogens is 2. The first-order chi connectivity index (χ1) is 10.9. The molecule has 0 saturated carbocycles. The normalized spacial score (nSPS) is 12.9. The average Bonchev–Trinajstić information content (AvgIpc) is 2.55. The Balaban J connectivity index is 2.52. The van der Waals surface area contributed by atoms with Crippen molar-refractivity contribution in [2.24, 2.45) is 0 Å². The third-order valence-electron chi connectivity index (χ3n) is 3.69. The number of hydrogen-bond acceptors (Lipinski definition) is 2. The summed E-state index contributed by atoms with van der Waals surface area (Å²) in [7, 11) is -3.47.